The molecule has 1 aliphatic carbocycles. The molecular formula is C13H22N4O. The van der Waals surface area contributed by atoms with Crippen molar-refractivity contribution < 1.29 is 4.79 Å². The molecule has 1 saturated carbocycles. The molecule has 0 aromatic heterocycles. The number of carbonyl (C=O) groups is 1. The number of rotatable bonds is 3. The quantitative estimate of drug-likeness (QED) is 0.679. The highest BCUT2D eigenvalue weighted by Gasteiger charge is 2.26. The molecular weight excluding hydrogens is 228 g/mol. The zero-order valence-electron chi connectivity index (χ0n) is 10.6. The topological polar surface area (TPSA) is 84.4 Å². The molecule has 1 heterocycles. The minimum Gasteiger partial charge on any atom is -0.384 e. The van der Waals surface area contributed by atoms with E-state index in [4.69, 9.17) is 11.5 Å². The van der Waals surface area contributed by atoms with E-state index in [1.54, 1.807) is 11.1 Å². The molecule has 1 aliphatic heterocycles. The molecule has 2 rings (SSSR count). The molecule has 0 radical (unpaired) electrons. The second-order valence-corrected chi connectivity index (χ2v) is 5.06. The molecule has 0 saturated heterocycles. The number of hydrogen-bond acceptors (Lipinski definition) is 4. The molecule has 0 aromatic rings. The fourth-order valence-electron chi connectivity index (χ4n) is 2.52. The third kappa shape index (κ3) is 3.04. The second kappa shape index (κ2) is 5.91. The highest BCUT2D eigenvalue weighted by atomic mass is 16.2. The lowest BCUT2D eigenvalue weighted by Gasteiger charge is -2.31. The predicted octanol–water partition coefficient (Wildman–Crippen LogP) is 0.455. The van der Waals surface area contributed by atoms with Gasteiger partial charge in [0.2, 0.25) is 5.91 Å². The van der Waals surface area contributed by atoms with Crippen LogP contribution in [0.2, 0.25) is 0 Å². The lowest BCUT2D eigenvalue weighted by atomic mass is 9.82. The average molecular weight is 250 g/mol. The Balaban J connectivity index is 1.82. The van der Waals surface area contributed by atoms with Gasteiger partial charge >= 0.3 is 0 Å². The maximum atomic E-state index is 12.1. The van der Waals surface area contributed by atoms with Crippen LogP contribution in [-0.4, -0.2) is 24.0 Å². The van der Waals surface area contributed by atoms with Crippen LogP contribution in [0.25, 0.3) is 0 Å². The normalized spacial score (nSPS) is 27.8. The smallest absolute Gasteiger partial charge is 0.241 e. The van der Waals surface area contributed by atoms with Gasteiger partial charge in [-0.15, -0.1) is 0 Å². The van der Waals surface area contributed by atoms with Gasteiger partial charge in [-0.1, -0.05) is 12.2 Å². The summed E-state index contributed by atoms with van der Waals surface area (Å²) in [6.07, 6.45) is 9.61. The number of nitrogens with one attached hydrogen (secondary N) is 1. The Kier molecular flexibility index (Phi) is 4.25. The van der Waals surface area contributed by atoms with Crippen molar-refractivity contribution >= 4 is 5.91 Å². The highest BCUT2D eigenvalue weighted by molar-refractivity contribution is 5.78. The molecule has 0 unspecified atom stereocenters. The fourth-order valence-corrected chi connectivity index (χ4v) is 2.52. The standard InChI is InChI=1S/C13H22N4O/c14-9-10-4-6-11(7-5-10)13(18)16-17-8-2-1-3-12(17)15/h1-3,10-11H,4-9,14-15H2,(H,16,18). The molecule has 0 bridgehead atoms. The van der Waals surface area contributed by atoms with Gasteiger partial charge < -0.3 is 11.5 Å². The SMILES string of the molecule is NCC1CCC(C(=O)NN2CC=CC=C2N)CC1. The van der Waals surface area contributed by atoms with Gasteiger partial charge in [0, 0.05) is 5.92 Å². The number of nitrogens with two attached hydrogens (primary N) is 2. The van der Waals surface area contributed by atoms with Crippen molar-refractivity contribution in [2.45, 2.75) is 25.7 Å². The number of hydrogen-bond donors (Lipinski definition) is 3. The Hall–Kier alpha value is -1.49. The van der Waals surface area contributed by atoms with Crippen LogP contribution in [0.5, 0.6) is 0 Å². The van der Waals surface area contributed by atoms with Crippen molar-refractivity contribution in [2.24, 2.45) is 23.3 Å². The maximum absolute atomic E-state index is 12.1. The molecule has 2 aliphatic rings. The van der Waals surface area contributed by atoms with Gasteiger partial charge in [0.15, 0.2) is 0 Å². The van der Waals surface area contributed by atoms with Crippen molar-refractivity contribution in [1.29, 1.82) is 0 Å². The first-order chi connectivity index (χ1) is 8.70. The molecule has 5 heteroatoms. The first-order valence-corrected chi connectivity index (χ1v) is 6.61. The summed E-state index contributed by atoms with van der Waals surface area (Å²) in [5.41, 5.74) is 14.3. The Morgan fingerprint density at radius 1 is 1.39 bits per heavy atom. The Morgan fingerprint density at radius 2 is 2.11 bits per heavy atom. The number of carbonyl (C=O) groups excluding carboxylic acids is 1. The minimum atomic E-state index is 0.0807. The van der Waals surface area contributed by atoms with Crippen LogP contribution in [0.15, 0.2) is 24.0 Å². The fraction of sp³-hybridized carbons (Fsp3) is 0.615. The minimum absolute atomic E-state index is 0.0807. The van der Waals surface area contributed by atoms with Gasteiger partial charge in [-0.25, -0.2) is 0 Å². The summed E-state index contributed by atoms with van der Waals surface area (Å²) >= 11 is 0. The van der Waals surface area contributed by atoms with Crippen molar-refractivity contribution in [3.8, 4) is 0 Å². The van der Waals surface area contributed by atoms with Crippen LogP contribution in [0.4, 0.5) is 0 Å². The molecule has 0 atom stereocenters. The summed E-state index contributed by atoms with van der Waals surface area (Å²) in [5, 5.41) is 1.69. The number of amides is 1. The summed E-state index contributed by atoms with van der Waals surface area (Å²) in [7, 11) is 0. The second-order valence-electron chi connectivity index (χ2n) is 5.06. The Bertz CT molecular complexity index is 356. The zero-order valence-corrected chi connectivity index (χ0v) is 10.6. The molecule has 100 valence electrons. The number of hydrazine groups is 1. The van der Waals surface area contributed by atoms with E-state index < -0.39 is 0 Å². The van der Waals surface area contributed by atoms with Crippen molar-refractivity contribution in [2.75, 3.05) is 13.1 Å². The first kappa shape index (κ1) is 13.0. The summed E-state index contributed by atoms with van der Waals surface area (Å²) < 4.78 is 0. The van der Waals surface area contributed by atoms with Gasteiger partial charge in [0.05, 0.1) is 6.54 Å². The molecule has 18 heavy (non-hydrogen) atoms. The van der Waals surface area contributed by atoms with Gasteiger partial charge in [-0.3, -0.25) is 15.2 Å². The van der Waals surface area contributed by atoms with Crippen LogP contribution in [0.1, 0.15) is 25.7 Å². The van der Waals surface area contributed by atoms with Crippen LogP contribution in [-0.2, 0) is 4.79 Å². The van der Waals surface area contributed by atoms with E-state index in [0.717, 1.165) is 32.2 Å². The van der Waals surface area contributed by atoms with Gasteiger partial charge in [0.25, 0.3) is 0 Å². The highest BCUT2D eigenvalue weighted by Crippen LogP contribution is 2.28. The molecule has 0 aromatic carbocycles. The molecule has 1 fully saturated rings. The average Bonchev–Trinajstić information content (AvgIpc) is 2.41. The summed E-state index contributed by atoms with van der Waals surface area (Å²) in [6.45, 7) is 1.37. The molecule has 0 spiro atoms. The Morgan fingerprint density at radius 3 is 2.72 bits per heavy atom. The summed E-state index contributed by atoms with van der Waals surface area (Å²) in [5.74, 6) is 1.36. The lowest BCUT2D eigenvalue weighted by Crippen LogP contribution is -2.47. The number of nitrogens with zero attached hydrogens (tertiary/aromatic N) is 1. The van der Waals surface area contributed by atoms with Gasteiger partial charge in [-0.2, -0.15) is 0 Å². The first-order valence-electron chi connectivity index (χ1n) is 6.61. The number of allylic oxidation sites excluding steroid dienone is 2. The third-order valence-corrected chi connectivity index (χ3v) is 3.80. The van der Waals surface area contributed by atoms with E-state index >= 15 is 0 Å². The van der Waals surface area contributed by atoms with Crippen LogP contribution in [0, 0.1) is 11.8 Å². The third-order valence-electron chi connectivity index (χ3n) is 3.80. The van der Waals surface area contributed by atoms with E-state index in [0.29, 0.717) is 18.3 Å². The van der Waals surface area contributed by atoms with Crippen molar-refractivity contribution in [3.63, 3.8) is 0 Å². The maximum Gasteiger partial charge on any atom is 0.241 e. The molecule has 5 nitrogen and oxygen atoms in total. The summed E-state index contributed by atoms with van der Waals surface area (Å²) in [6, 6.07) is 0. The largest absolute Gasteiger partial charge is 0.384 e. The lowest BCUT2D eigenvalue weighted by molar-refractivity contribution is -0.130. The van der Waals surface area contributed by atoms with E-state index in [-0.39, 0.29) is 11.8 Å². The Labute approximate surface area is 108 Å². The van der Waals surface area contributed by atoms with Gasteiger partial charge in [0.1, 0.15) is 5.82 Å². The molecule has 5 N–H and O–H groups in total. The van der Waals surface area contributed by atoms with Gasteiger partial charge in [-0.05, 0) is 44.2 Å². The zero-order chi connectivity index (χ0) is 13.0. The van der Waals surface area contributed by atoms with Crippen molar-refractivity contribution in [3.05, 3.63) is 24.0 Å². The van der Waals surface area contributed by atoms with E-state index in [1.807, 2.05) is 12.2 Å². The van der Waals surface area contributed by atoms with Crippen LogP contribution < -0.4 is 16.9 Å². The van der Waals surface area contributed by atoms with Crippen LogP contribution in [0.3, 0.4) is 0 Å². The van der Waals surface area contributed by atoms with E-state index in [9.17, 15) is 4.79 Å². The van der Waals surface area contributed by atoms with E-state index in [1.165, 1.54) is 0 Å². The monoisotopic (exact) mass is 250 g/mol. The summed E-state index contributed by atoms with van der Waals surface area (Å²) in [4.78, 5) is 12.1. The molecule has 1 amide bonds. The van der Waals surface area contributed by atoms with Crippen LogP contribution >= 0.6 is 0 Å². The predicted molar refractivity (Wildman–Crippen MR) is 70.8 cm³/mol. The van der Waals surface area contributed by atoms with E-state index in [2.05, 4.69) is 5.43 Å². The van der Waals surface area contributed by atoms with Crippen molar-refractivity contribution in [1.82, 2.24) is 10.4 Å².